The molecule has 2 rings (SSSR count). The van der Waals surface area contributed by atoms with Crippen LogP contribution in [0.3, 0.4) is 0 Å². The van der Waals surface area contributed by atoms with Gasteiger partial charge in [0.05, 0.1) is 5.69 Å². The Morgan fingerprint density at radius 2 is 2.27 bits per heavy atom. The lowest BCUT2D eigenvalue weighted by Gasteiger charge is -2.11. The fourth-order valence-electron chi connectivity index (χ4n) is 2.00. The zero-order chi connectivity index (χ0) is 10.8. The third-order valence-electron chi connectivity index (χ3n) is 2.74. The highest BCUT2D eigenvalue weighted by atomic mass is 16.1. The van der Waals surface area contributed by atoms with Gasteiger partial charge in [-0.15, -0.1) is 0 Å². The highest BCUT2D eigenvalue weighted by Gasteiger charge is 2.26. The van der Waals surface area contributed by atoms with Crippen LogP contribution in [0.15, 0.2) is 12.4 Å². The van der Waals surface area contributed by atoms with Crippen LogP contribution in [0, 0.1) is 0 Å². The standard InChI is InChI=1S/C10H14N4O/c1-14-5-2-7(6-14)8-9(10(11)15)13-4-3-12-8/h3-4,7H,2,5-6H2,1H3,(H2,11,15). The molecule has 5 heteroatoms. The summed E-state index contributed by atoms with van der Waals surface area (Å²) in [5.74, 6) is -0.209. The monoisotopic (exact) mass is 206 g/mol. The quantitative estimate of drug-likeness (QED) is 0.739. The number of likely N-dealkylation sites (tertiary alicyclic amines) is 1. The second-order valence-corrected chi connectivity index (χ2v) is 3.90. The van der Waals surface area contributed by atoms with Crippen molar-refractivity contribution in [2.24, 2.45) is 5.73 Å². The minimum absolute atomic E-state index is 0.284. The zero-order valence-electron chi connectivity index (χ0n) is 8.68. The van der Waals surface area contributed by atoms with E-state index in [0.717, 1.165) is 25.2 Å². The average molecular weight is 206 g/mol. The van der Waals surface area contributed by atoms with Crippen LogP contribution < -0.4 is 5.73 Å². The Hall–Kier alpha value is -1.49. The molecule has 1 amide bonds. The van der Waals surface area contributed by atoms with E-state index in [1.807, 2.05) is 0 Å². The van der Waals surface area contributed by atoms with Gasteiger partial charge in [0, 0.05) is 24.9 Å². The van der Waals surface area contributed by atoms with Crippen LogP contribution >= 0.6 is 0 Å². The fraction of sp³-hybridized carbons (Fsp3) is 0.500. The Morgan fingerprint density at radius 3 is 2.87 bits per heavy atom. The minimum atomic E-state index is -0.493. The molecule has 80 valence electrons. The predicted molar refractivity (Wildman–Crippen MR) is 55.4 cm³/mol. The SMILES string of the molecule is CN1CCC(c2nccnc2C(N)=O)C1. The second-order valence-electron chi connectivity index (χ2n) is 3.90. The molecule has 1 atom stereocenters. The lowest BCUT2D eigenvalue weighted by Crippen LogP contribution is -2.20. The first-order valence-corrected chi connectivity index (χ1v) is 4.97. The minimum Gasteiger partial charge on any atom is -0.364 e. The molecule has 0 bridgehead atoms. The average Bonchev–Trinajstić information content (AvgIpc) is 2.65. The molecule has 1 unspecified atom stereocenters. The van der Waals surface area contributed by atoms with E-state index in [2.05, 4.69) is 21.9 Å². The van der Waals surface area contributed by atoms with Gasteiger partial charge >= 0.3 is 0 Å². The van der Waals surface area contributed by atoms with Gasteiger partial charge in [0.25, 0.3) is 5.91 Å². The molecule has 0 spiro atoms. The van der Waals surface area contributed by atoms with Crippen molar-refractivity contribution in [3.8, 4) is 0 Å². The lowest BCUT2D eigenvalue weighted by atomic mass is 10.0. The van der Waals surface area contributed by atoms with Crippen LogP contribution in [0.4, 0.5) is 0 Å². The van der Waals surface area contributed by atoms with E-state index in [1.54, 1.807) is 6.20 Å². The van der Waals surface area contributed by atoms with E-state index in [0.29, 0.717) is 5.69 Å². The van der Waals surface area contributed by atoms with Crippen molar-refractivity contribution >= 4 is 5.91 Å². The Morgan fingerprint density at radius 1 is 1.53 bits per heavy atom. The molecule has 2 N–H and O–H groups in total. The topological polar surface area (TPSA) is 72.1 Å². The lowest BCUT2D eigenvalue weighted by molar-refractivity contribution is 0.0993. The summed E-state index contributed by atoms with van der Waals surface area (Å²) in [6.45, 7) is 1.94. The highest BCUT2D eigenvalue weighted by Crippen LogP contribution is 2.25. The Bertz CT molecular complexity index is 379. The number of rotatable bonds is 2. The van der Waals surface area contributed by atoms with Crippen LogP contribution in [-0.4, -0.2) is 40.9 Å². The number of carbonyl (C=O) groups excluding carboxylic acids is 1. The smallest absolute Gasteiger partial charge is 0.269 e. The Kier molecular flexibility index (Phi) is 2.64. The summed E-state index contributed by atoms with van der Waals surface area (Å²) in [4.78, 5) is 21.6. The zero-order valence-corrected chi connectivity index (χ0v) is 8.68. The maximum Gasteiger partial charge on any atom is 0.269 e. The van der Waals surface area contributed by atoms with Gasteiger partial charge in [-0.2, -0.15) is 0 Å². The molecule has 0 radical (unpaired) electrons. The first kappa shape index (κ1) is 10.0. The van der Waals surface area contributed by atoms with Crippen molar-refractivity contribution in [1.82, 2.24) is 14.9 Å². The molecule has 1 saturated heterocycles. The van der Waals surface area contributed by atoms with E-state index in [9.17, 15) is 4.79 Å². The van der Waals surface area contributed by atoms with E-state index in [4.69, 9.17) is 5.73 Å². The molecule has 0 aromatic carbocycles. The molecule has 1 aromatic rings. The highest BCUT2D eigenvalue weighted by molar-refractivity contribution is 5.91. The molecule has 1 aromatic heterocycles. The number of nitrogens with two attached hydrogens (primary N) is 1. The number of amides is 1. The number of nitrogens with zero attached hydrogens (tertiary/aromatic N) is 3. The van der Waals surface area contributed by atoms with Crippen LogP contribution in [0.5, 0.6) is 0 Å². The van der Waals surface area contributed by atoms with Crippen molar-refractivity contribution in [3.05, 3.63) is 23.8 Å². The number of primary amides is 1. The van der Waals surface area contributed by atoms with Crippen molar-refractivity contribution in [1.29, 1.82) is 0 Å². The van der Waals surface area contributed by atoms with Crippen LogP contribution in [0.25, 0.3) is 0 Å². The van der Waals surface area contributed by atoms with Gasteiger partial charge < -0.3 is 10.6 Å². The van der Waals surface area contributed by atoms with Gasteiger partial charge in [-0.05, 0) is 20.0 Å². The molecule has 2 heterocycles. The molecule has 1 aliphatic rings. The number of hydrogen-bond donors (Lipinski definition) is 1. The number of likely N-dealkylation sites (N-methyl/N-ethyl adjacent to an activating group) is 1. The first-order chi connectivity index (χ1) is 7.18. The Labute approximate surface area is 88.3 Å². The third-order valence-corrected chi connectivity index (χ3v) is 2.74. The number of carbonyl (C=O) groups is 1. The van der Waals surface area contributed by atoms with Gasteiger partial charge in [-0.3, -0.25) is 9.78 Å². The summed E-state index contributed by atoms with van der Waals surface area (Å²) in [7, 11) is 2.06. The number of hydrogen-bond acceptors (Lipinski definition) is 4. The van der Waals surface area contributed by atoms with Crippen LogP contribution in [-0.2, 0) is 0 Å². The maximum atomic E-state index is 11.2. The predicted octanol–water partition coefficient (Wildman–Crippen LogP) is -0.00540. The summed E-state index contributed by atoms with van der Waals surface area (Å²) >= 11 is 0. The Balaban J connectivity index is 2.31. The van der Waals surface area contributed by atoms with Crippen molar-refractivity contribution in [2.75, 3.05) is 20.1 Å². The summed E-state index contributed by atoms with van der Waals surface area (Å²) in [6.07, 6.45) is 4.12. The van der Waals surface area contributed by atoms with Crippen molar-refractivity contribution < 1.29 is 4.79 Å². The van der Waals surface area contributed by atoms with Gasteiger partial charge in [-0.1, -0.05) is 0 Å². The van der Waals surface area contributed by atoms with Gasteiger partial charge in [0.15, 0.2) is 0 Å². The van der Waals surface area contributed by atoms with E-state index in [1.165, 1.54) is 6.20 Å². The van der Waals surface area contributed by atoms with Crippen molar-refractivity contribution in [2.45, 2.75) is 12.3 Å². The molecule has 1 aliphatic heterocycles. The first-order valence-electron chi connectivity index (χ1n) is 4.97. The maximum absolute atomic E-state index is 11.2. The number of aromatic nitrogens is 2. The third kappa shape index (κ3) is 1.97. The molecule has 0 aliphatic carbocycles. The summed E-state index contributed by atoms with van der Waals surface area (Å²) in [5.41, 5.74) is 6.32. The normalized spacial score (nSPS) is 21.8. The molecule has 0 saturated carbocycles. The van der Waals surface area contributed by atoms with Crippen LogP contribution in [0.1, 0.15) is 28.5 Å². The molecular weight excluding hydrogens is 192 g/mol. The molecule has 1 fully saturated rings. The van der Waals surface area contributed by atoms with E-state index in [-0.39, 0.29) is 5.92 Å². The largest absolute Gasteiger partial charge is 0.364 e. The van der Waals surface area contributed by atoms with Gasteiger partial charge in [-0.25, -0.2) is 4.98 Å². The molecule has 5 nitrogen and oxygen atoms in total. The summed E-state index contributed by atoms with van der Waals surface area (Å²) in [6, 6.07) is 0. The second kappa shape index (κ2) is 3.94. The fourth-order valence-corrected chi connectivity index (χ4v) is 2.00. The molecule has 15 heavy (non-hydrogen) atoms. The van der Waals surface area contributed by atoms with Gasteiger partial charge in [0.2, 0.25) is 0 Å². The van der Waals surface area contributed by atoms with E-state index < -0.39 is 5.91 Å². The molecular formula is C10H14N4O. The van der Waals surface area contributed by atoms with Crippen molar-refractivity contribution in [3.63, 3.8) is 0 Å². The van der Waals surface area contributed by atoms with E-state index >= 15 is 0 Å². The summed E-state index contributed by atoms with van der Waals surface area (Å²) < 4.78 is 0. The summed E-state index contributed by atoms with van der Waals surface area (Å²) in [5, 5.41) is 0. The van der Waals surface area contributed by atoms with Gasteiger partial charge in [0.1, 0.15) is 5.69 Å². The van der Waals surface area contributed by atoms with Crippen LogP contribution in [0.2, 0.25) is 0 Å².